The highest BCUT2D eigenvalue weighted by atomic mass is 35.5. The molecule has 3 rings (SSSR count). The van der Waals surface area contributed by atoms with Crippen LogP contribution in [0.15, 0.2) is 82.6 Å². The van der Waals surface area contributed by atoms with Crippen molar-refractivity contribution >= 4 is 45.0 Å². The minimum Gasteiger partial charge on any atom is -0.324 e. The van der Waals surface area contributed by atoms with Gasteiger partial charge in [-0.05, 0) is 55.1 Å². The number of carbonyl (C=O) groups is 1. The maximum atomic E-state index is 13.3. The van der Waals surface area contributed by atoms with Gasteiger partial charge in [-0.15, -0.1) is 11.8 Å². The number of para-hydroxylation sites is 1. The number of nitrogens with zero attached hydrogens (tertiary/aromatic N) is 1. The first-order valence-electron chi connectivity index (χ1n) is 9.54. The maximum Gasteiger partial charge on any atom is 0.243 e. The summed E-state index contributed by atoms with van der Waals surface area (Å²) < 4.78 is 27.8. The molecule has 0 heterocycles. The predicted octanol–water partition coefficient (Wildman–Crippen LogP) is 5.20. The first-order valence-corrected chi connectivity index (χ1v) is 12.6. The van der Waals surface area contributed by atoms with Gasteiger partial charge in [0.1, 0.15) is 0 Å². The molecule has 5 nitrogen and oxygen atoms in total. The lowest BCUT2D eigenvalue weighted by molar-refractivity contribution is -0.116. The number of nitrogens with one attached hydrogen (secondary N) is 1. The molecule has 31 heavy (non-hydrogen) atoms. The number of anilines is 1. The van der Waals surface area contributed by atoms with Gasteiger partial charge in [-0.25, -0.2) is 8.42 Å². The maximum absolute atomic E-state index is 13.3. The van der Waals surface area contributed by atoms with Crippen LogP contribution in [0.1, 0.15) is 11.1 Å². The van der Waals surface area contributed by atoms with E-state index in [1.54, 1.807) is 6.07 Å². The van der Waals surface area contributed by atoms with E-state index in [0.29, 0.717) is 10.7 Å². The van der Waals surface area contributed by atoms with E-state index in [0.717, 1.165) is 16.0 Å². The van der Waals surface area contributed by atoms with E-state index < -0.39 is 15.9 Å². The molecule has 0 saturated heterocycles. The van der Waals surface area contributed by atoms with Crippen molar-refractivity contribution in [1.82, 2.24) is 4.31 Å². The fraction of sp³-hybridized carbons (Fsp3) is 0.174. The van der Waals surface area contributed by atoms with Crippen molar-refractivity contribution < 1.29 is 13.2 Å². The van der Waals surface area contributed by atoms with Gasteiger partial charge in [0, 0.05) is 16.5 Å². The molecule has 1 amide bonds. The van der Waals surface area contributed by atoms with Crippen molar-refractivity contribution in [2.45, 2.75) is 23.3 Å². The molecular weight excluding hydrogens is 452 g/mol. The zero-order valence-corrected chi connectivity index (χ0v) is 19.6. The summed E-state index contributed by atoms with van der Waals surface area (Å²) in [7, 11) is -3.92. The molecule has 0 aliphatic carbocycles. The number of carbonyl (C=O) groups excluding carboxylic acids is 1. The van der Waals surface area contributed by atoms with Gasteiger partial charge < -0.3 is 5.32 Å². The van der Waals surface area contributed by atoms with Gasteiger partial charge in [-0.1, -0.05) is 53.6 Å². The molecule has 3 aromatic carbocycles. The topological polar surface area (TPSA) is 66.5 Å². The van der Waals surface area contributed by atoms with Gasteiger partial charge in [-0.2, -0.15) is 4.31 Å². The minimum absolute atomic E-state index is 0.0723. The smallest absolute Gasteiger partial charge is 0.243 e. The van der Waals surface area contributed by atoms with Crippen LogP contribution in [-0.4, -0.2) is 31.4 Å². The zero-order valence-electron chi connectivity index (χ0n) is 17.2. The van der Waals surface area contributed by atoms with Gasteiger partial charge in [0.15, 0.2) is 0 Å². The summed E-state index contributed by atoms with van der Waals surface area (Å²) in [6, 6.07) is 20.9. The second-order valence-corrected chi connectivity index (χ2v) is 10.2. The lowest BCUT2D eigenvalue weighted by Gasteiger charge is -2.22. The number of rotatable bonds is 8. The van der Waals surface area contributed by atoms with Crippen molar-refractivity contribution in [2.75, 3.05) is 18.1 Å². The Kier molecular flexibility index (Phi) is 7.78. The van der Waals surface area contributed by atoms with Crippen molar-refractivity contribution in [1.29, 1.82) is 0 Å². The quantitative estimate of drug-likeness (QED) is 0.455. The number of aryl methyl sites for hydroxylation is 1. The summed E-state index contributed by atoms with van der Waals surface area (Å²) in [5, 5.41) is 3.27. The van der Waals surface area contributed by atoms with E-state index in [1.807, 2.05) is 55.6 Å². The van der Waals surface area contributed by atoms with E-state index in [1.165, 1.54) is 40.3 Å². The Hall–Kier alpha value is -2.32. The normalized spacial score (nSPS) is 11.5. The molecule has 0 saturated carbocycles. The number of halogens is 1. The lowest BCUT2D eigenvalue weighted by Crippen LogP contribution is -2.37. The average molecular weight is 475 g/mol. The summed E-state index contributed by atoms with van der Waals surface area (Å²) in [5.41, 5.74) is 2.52. The third-order valence-electron chi connectivity index (χ3n) is 4.63. The fourth-order valence-electron chi connectivity index (χ4n) is 2.98. The fourth-order valence-corrected chi connectivity index (χ4v) is 5.04. The second-order valence-electron chi connectivity index (χ2n) is 6.96. The molecule has 0 aliphatic rings. The van der Waals surface area contributed by atoms with Crippen LogP contribution in [0.4, 0.5) is 5.69 Å². The van der Waals surface area contributed by atoms with Crippen molar-refractivity contribution in [3.63, 3.8) is 0 Å². The largest absolute Gasteiger partial charge is 0.324 e. The van der Waals surface area contributed by atoms with Gasteiger partial charge in [0.2, 0.25) is 15.9 Å². The number of amides is 1. The van der Waals surface area contributed by atoms with E-state index in [2.05, 4.69) is 5.32 Å². The van der Waals surface area contributed by atoms with Crippen LogP contribution in [0.5, 0.6) is 0 Å². The average Bonchev–Trinajstić information content (AvgIpc) is 2.75. The molecule has 162 valence electrons. The van der Waals surface area contributed by atoms with E-state index in [4.69, 9.17) is 11.6 Å². The van der Waals surface area contributed by atoms with Gasteiger partial charge in [0.25, 0.3) is 0 Å². The molecule has 1 N–H and O–H groups in total. The second kappa shape index (κ2) is 10.3. The first kappa shape index (κ1) is 23.3. The highest BCUT2D eigenvalue weighted by Gasteiger charge is 2.27. The third kappa shape index (κ3) is 6.11. The van der Waals surface area contributed by atoms with E-state index in [-0.39, 0.29) is 18.0 Å². The highest BCUT2D eigenvalue weighted by molar-refractivity contribution is 7.98. The van der Waals surface area contributed by atoms with Crippen LogP contribution in [0, 0.1) is 6.92 Å². The number of thioether (sulfide) groups is 1. The summed E-state index contributed by atoms with van der Waals surface area (Å²) in [5.74, 6) is -0.411. The molecule has 0 unspecified atom stereocenters. The summed E-state index contributed by atoms with van der Waals surface area (Å²) in [6.07, 6.45) is 1.92. The zero-order chi connectivity index (χ0) is 22.4. The molecule has 8 heteroatoms. The van der Waals surface area contributed by atoms with Gasteiger partial charge in [-0.3, -0.25) is 4.79 Å². The highest BCUT2D eigenvalue weighted by Crippen LogP contribution is 2.25. The predicted molar refractivity (Wildman–Crippen MR) is 127 cm³/mol. The van der Waals surface area contributed by atoms with Crippen LogP contribution in [-0.2, 0) is 21.4 Å². The van der Waals surface area contributed by atoms with Crippen molar-refractivity contribution in [2.24, 2.45) is 0 Å². The molecule has 3 aromatic rings. The van der Waals surface area contributed by atoms with Crippen LogP contribution in [0.25, 0.3) is 0 Å². The van der Waals surface area contributed by atoms with Crippen LogP contribution in [0.3, 0.4) is 0 Å². The third-order valence-corrected chi connectivity index (χ3v) is 7.49. The SMILES string of the molecule is CSc1ccccc1NC(=O)CN(Cc1ccc(C)cc1)S(=O)(=O)c1ccc(Cl)cc1. The van der Waals surface area contributed by atoms with Crippen molar-refractivity contribution in [3.05, 3.63) is 88.9 Å². The Labute approximate surface area is 192 Å². The van der Waals surface area contributed by atoms with Crippen LogP contribution < -0.4 is 5.32 Å². The Morgan fingerprint density at radius 3 is 2.29 bits per heavy atom. The Morgan fingerprint density at radius 2 is 1.65 bits per heavy atom. The summed E-state index contributed by atoms with van der Waals surface area (Å²) in [6.45, 7) is 1.72. The number of benzene rings is 3. The molecule has 0 bridgehead atoms. The first-order chi connectivity index (χ1) is 14.8. The molecule has 0 atom stereocenters. The number of hydrogen-bond donors (Lipinski definition) is 1. The van der Waals surface area contributed by atoms with Crippen molar-refractivity contribution in [3.8, 4) is 0 Å². The molecule has 0 aromatic heterocycles. The Balaban J connectivity index is 1.88. The van der Waals surface area contributed by atoms with E-state index >= 15 is 0 Å². The minimum atomic E-state index is -3.92. The van der Waals surface area contributed by atoms with E-state index in [9.17, 15) is 13.2 Å². The lowest BCUT2D eigenvalue weighted by atomic mass is 10.1. The van der Waals surface area contributed by atoms with Gasteiger partial charge >= 0.3 is 0 Å². The molecule has 0 spiro atoms. The summed E-state index contributed by atoms with van der Waals surface area (Å²) in [4.78, 5) is 13.8. The molecule has 0 radical (unpaired) electrons. The number of hydrogen-bond acceptors (Lipinski definition) is 4. The summed E-state index contributed by atoms with van der Waals surface area (Å²) >= 11 is 7.42. The monoisotopic (exact) mass is 474 g/mol. The molecular formula is C23H23ClN2O3S2. The van der Waals surface area contributed by atoms with Crippen LogP contribution >= 0.6 is 23.4 Å². The number of sulfonamides is 1. The Bertz CT molecular complexity index is 1150. The van der Waals surface area contributed by atoms with Gasteiger partial charge in [0.05, 0.1) is 17.1 Å². The standard InChI is InChI=1S/C23H23ClN2O3S2/c1-17-7-9-18(10-8-17)15-26(31(28,29)20-13-11-19(24)12-14-20)16-23(27)25-21-5-3-4-6-22(21)30-2/h3-14H,15-16H2,1-2H3,(H,25,27). The Morgan fingerprint density at radius 1 is 1.00 bits per heavy atom. The van der Waals surface area contributed by atoms with Crippen LogP contribution in [0.2, 0.25) is 5.02 Å². The molecule has 0 aliphatic heterocycles. The molecule has 0 fully saturated rings.